The van der Waals surface area contributed by atoms with Crippen LogP contribution in [-0.4, -0.2) is 31.1 Å². The average Bonchev–Trinajstić information content (AvgIpc) is 2.86. The number of nitriles is 1. The highest BCUT2D eigenvalue weighted by Gasteiger charge is 2.35. The topological polar surface area (TPSA) is 78.2 Å². The second-order valence-corrected chi connectivity index (χ2v) is 7.37. The molecule has 0 bridgehead atoms. The Balaban J connectivity index is 2.35. The second kappa shape index (κ2) is 6.14. The number of sulfonamides is 1. The third kappa shape index (κ3) is 3.26. The molecule has 1 heterocycles. The van der Waals surface area contributed by atoms with Gasteiger partial charge in [-0.2, -0.15) is 9.57 Å². The van der Waals surface area contributed by atoms with E-state index < -0.39 is 10.0 Å². The largest absolute Gasteiger partial charge is 0.300 e. The lowest BCUT2D eigenvalue weighted by atomic mass is 10.1. The molecule has 2 rings (SSSR count). The molecule has 21 heavy (non-hydrogen) atoms. The van der Waals surface area contributed by atoms with Crippen LogP contribution in [0.25, 0.3) is 0 Å². The summed E-state index contributed by atoms with van der Waals surface area (Å²) in [5.41, 5.74) is 0.234. The number of hydrogen-bond donors (Lipinski definition) is 0. The number of hydrogen-bond acceptors (Lipinski definition) is 4. The van der Waals surface area contributed by atoms with Crippen molar-refractivity contribution in [1.82, 2.24) is 4.31 Å². The molecular weight excluding hydrogens is 312 g/mol. The minimum Gasteiger partial charge on any atom is -0.300 e. The average molecular weight is 327 g/mol. The molecule has 0 aliphatic carbocycles. The molecule has 5 nitrogen and oxygen atoms in total. The Kier molecular flexibility index (Phi) is 4.67. The minimum absolute atomic E-state index is 0.0278. The summed E-state index contributed by atoms with van der Waals surface area (Å²) in [5, 5.41) is 8.94. The lowest BCUT2D eigenvalue weighted by Crippen LogP contribution is -2.36. The van der Waals surface area contributed by atoms with Gasteiger partial charge in [0.1, 0.15) is 11.9 Å². The first kappa shape index (κ1) is 16.0. The second-order valence-electron chi connectivity index (χ2n) is 5.07. The molecule has 1 fully saturated rings. The van der Waals surface area contributed by atoms with Gasteiger partial charge in [-0.25, -0.2) is 8.42 Å². The maximum Gasteiger partial charge on any atom is 0.243 e. The first-order chi connectivity index (χ1) is 9.86. The van der Waals surface area contributed by atoms with Crippen LogP contribution in [0.4, 0.5) is 0 Å². The molecule has 1 unspecified atom stereocenters. The van der Waals surface area contributed by atoms with Crippen molar-refractivity contribution in [1.29, 1.82) is 5.26 Å². The highest BCUT2D eigenvalue weighted by atomic mass is 35.5. The maximum absolute atomic E-state index is 12.7. The van der Waals surface area contributed by atoms with E-state index in [1.54, 1.807) is 0 Å². The van der Waals surface area contributed by atoms with Gasteiger partial charge in [-0.1, -0.05) is 11.6 Å². The van der Waals surface area contributed by atoms with E-state index in [1.807, 2.05) is 6.07 Å². The smallest absolute Gasteiger partial charge is 0.243 e. The molecule has 0 aromatic heterocycles. The number of carbonyl (C=O) groups excluding carboxylic acids is 1. The summed E-state index contributed by atoms with van der Waals surface area (Å²) in [6.45, 7) is 1.86. The van der Waals surface area contributed by atoms with Gasteiger partial charge in [0.2, 0.25) is 10.0 Å². The van der Waals surface area contributed by atoms with Crippen molar-refractivity contribution in [3.8, 4) is 6.07 Å². The van der Waals surface area contributed by atoms with Crippen molar-refractivity contribution in [3.63, 3.8) is 0 Å². The van der Waals surface area contributed by atoms with E-state index in [4.69, 9.17) is 16.9 Å². The van der Waals surface area contributed by atoms with Crippen LogP contribution >= 0.6 is 11.6 Å². The highest BCUT2D eigenvalue weighted by Crippen LogP contribution is 2.29. The lowest BCUT2D eigenvalue weighted by molar-refractivity contribution is -0.117. The van der Waals surface area contributed by atoms with Crippen molar-refractivity contribution in [3.05, 3.63) is 28.8 Å². The van der Waals surface area contributed by atoms with Gasteiger partial charge in [-0.3, -0.25) is 4.79 Å². The van der Waals surface area contributed by atoms with E-state index in [0.717, 1.165) is 6.42 Å². The standard InChI is InChI=1S/C14H15ClN2O3S/c1-10(18)7-12-3-2-6-17(12)21(19,20)13-5-4-11(9-16)14(15)8-13/h4-5,8,12H,2-3,6-7H2,1H3. The van der Waals surface area contributed by atoms with Gasteiger partial charge < -0.3 is 0 Å². The van der Waals surface area contributed by atoms with Crippen molar-refractivity contribution < 1.29 is 13.2 Å². The Labute approximate surface area is 129 Å². The Bertz CT molecular complexity index is 709. The number of rotatable bonds is 4. The van der Waals surface area contributed by atoms with E-state index in [-0.39, 0.29) is 33.7 Å². The zero-order chi connectivity index (χ0) is 15.6. The molecule has 0 radical (unpaired) electrons. The Morgan fingerprint density at radius 1 is 1.52 bits per heavy atom. The van der Waals surface area contributed by atoms with Gasteiger partial charge in [-0.05, 0) is 38.0 Å². The molecule has 0 spiro atoms. The fourth-order valence-corrected chi connectivity index (χ4v) is 4.55. The molecule has 0 amide bonds. The Hall–Kier alpha value is -1.42. The van der Waals surface area contributed by atoms with Crippen LogP contribution in [0.2, 0.25) is 5.02 Å². The number of carbonyl (C=O) groups is 1. The first-order valence-corrected chi connectivity index (χ1v) is 8.39. The molecule has 1 aliphatic heterocycles. The summed E-state index contributed by atoms with van der Waals surface area (Å²) in [7, 11) is -3.69. The van der Waals surface area contributed by atoms with Crippen LogP contribution in [0.5, 0.6) is 0 Å². The minimum atomic E-state index is -3.69. The van der Waals surface area contributed by atoms with Crippen LogP contribution in [0.15, 0.2) is 23.1 Å². The molecule has 1 saturated heterocycles. The summed E-state index contributed by atoms with van der Waals surface area (Å²) in [5.74, 6) is -0.0278. The summed E-state index contributed by atoms with van der Waals surface area (Å²) in [6, 6.07) is 5.67. The van der Waals surface area contributed by atoms with Gasteiger partial charge in [0, 0.05) is 19.0 Å². The molecule has 1 atom stereocenters. The molecule has 112 valence electrons. The van der Waals surface area contributed by atoms with Crippen LogP contribution in [0.3, 0.4) is 0 Å². The van der Waals surface area contributed by atoms with E-state index in [9.17, 15) is 13.2 Å². The summed E-state index contributed by atoms with van der Waals surface area (Å²) < 4.78 is 26.7. The molecule has 7 heteroatoms. The maximum atomic E-state index is 12.7. The fraction of sp³-hybridized carbons (Fsp3) is 0.429. The monoisotopic (exact) mass is 326 g/mol. The number of nitrogens with zero attached hydrogens (tertiary/aromatic N) is 2. The van der Waals surface area contributed by atoms with Crippen LogP contribution in [-0.2, 0) is 14.8 Å². The molecule has 1 aromatic rings. The van der Waals surface area contributed by atoms with Gasteiger partial charge in [0.25, 0.3) is 0 Å². The normalized spacial score (nSPS) is 19.4. The number of Topliss-reactive ketones (excluding diaryl/α,β-unsaturated/α-hetero) is 1. The quantitative estimate of drug-likeness (QED) is 0.850. The highest BCUT2D eigenvalue weighted by molar-refractivity contribution is 7.89. The van der Waals surface area contributed by atoms with Crippen LogP contribution in [0, 0.1) is 11.3 Å². The number of halogens is 1. The van der Waals surface area contributed by atoms with Crippen LogP contribution < -0.4 is 0 Å². The third-order valence-corrected chi connectivity index (χ3v) is 5.77. The zero-order valence-electron chi connectivity index (χ0n) is 11.5. The van der Waals surface area contributed by atoms with Gasteiger partial charge in [0.15, 0.2) is 0 Å². The van der Waals surface area contributed by atoms with Crippen molar-refractivity contribution in [2.24, 2.45) is 0 Å². The predicted molar refractivity (Wildman–Crippen MR) is 78.4 cm³/mol. The Morgan fingerprint density at radius 2 is 2.24 bits per heavy atom. The van der Waals surface area contributed by atoms with Crippen molar-refractivity contribution >= 4 is 27.4 Å². The van der Waals surface area contributed by atoms with E-state index >= 15 is 0 Å². The molecular formula is C14H15ClN2O3S. The van der Waals surface area contributed by atoms with Crippen molar-refractivity contribution in [2.75, 3.05) is 6.54 Å². The first-order valence-electron chi connectivity index (χ1n) is 6.57. The van der Waals surface area contributed by atoms with Gasteiger partial charge >= 0.3 is 0 Å². The fourth-order valence-electron chi connectivity index (χ4n) is 2.54. The van der Waals surface area contributed by atoms with Crippen molar-refractivity contribution in [2.45, 2.75) is 37.1 Å². The SMILES string of the molecule is CC(=O)CC1CCCN1S(=O)(=O)c1ccc(C#N)c(Cl)c1. The lowest BCUT2D eigenvalue weighted by Gasteiger charge is -2.23. The van der Waals surface area contributed by atoms with E-state index in [0.29, 0.717) is 13.0 Å². The molecule has 1 aromatic carbocycles. The summed E-state index contributed by atoms with van der Waals surface area (Å²) >= 11 is 5.90. The van der Waals surface area contributed by atoms with E-state index in [2.05, 4.69) is 0 Å². The van der Waals surface area contributed by atoms with E-state index in [1.165, 1.54) is 29.4 Å². The number of benzene rings is 1. The third-order valence-electron chi connectivity index (χ3n) is 3.51. The predicted octanol–water partition coefficient (Wildman–Crippen LogP) is 2.34. The van der Waals surface area contributed by atoms with Gasteiger partial charge in [0.05, 0.1) is 15.5 Å². The summed E-state index contributed by atoms with van der Waals surface area (Å²) in [6.07, 6.45) is 1.65. The zero-order valence-corrected chi connectivity index (χ0v) is 13.1. The van der Waals surface area contributed by atoms with Crippen LogP contribution in [0.1, 0.15) is 31.7 Å². The van der Waals surface area contributed by atoms with Gasteiger partial charge in [-0.15, -0.1) is 0 Å². The number of ketones is 1. The molecule has 0 saturated carbocycles. The Morgan fingerprint density at radius 3 is 2.81 bits per heavy atom. The molecule has 0 N–H and O–H groups in total. The molecule has 1 aliphatic rings. The summed E-state index contributed by atoms with van der Waals surface area (Å²) in [4.78, 5) is 11.3.